The van der Waals surface area contributed by atoms with Gasteiger partial charge in [-0.1, -0.05) is 6.07 Å². The molecule has 1 saturated heterocycles. The summed E-state index contributed by atoms with van der Waals surface area (Å²) in [4.78, 5) is 31.7. The summed E-state index contributed by atoms with van der Waals surface area (Å²) in [7, 11) is 5.23. The third-order valence-corrected chi connectivity index (χ3v) is 7.60. The number of aliphatic hydroxyl groups is 1. The Hall–Kier alpha value is -2.64. The summed E-state index contributed by atoms with van der Waals surface area (Å²) in [5, 5.41) is 22.5. The topological polar surface area (TPSA) is 96.9 Å². The zero-order chi connectivity index (χ0) is 22.7. The number of likely N-dealkylation sites (tertiary alicyclic amines) is 1. The van der Waals surface area contributed by atoms with Crippen LogP contribution in [0.15, 0.2) is 29.1 Å². The highest BCUT2D eigenvalue weighted by molar-refractivity contribution is 5.93. The van der Waals surface area contributed by atoms with Crippen molar-refractivity contribution in [2.45, 2.75) is 50.2 Å². The predicted molar refractivity (Wildman–Crippen MR) is 119 cm³/mol. The minimum absolute atomic E-state index is 0.0882. The van der Waals surface area contributed by atoms with Crippen molar-refractivity contribution in [2.75, 3.05) is 27.7 Å². The molecule has 0 saturated carbocycles. The molecule has 7 nitrogen and oxygen atoms in total. The van der Waals surface area contributed by atoms with Crippen LogP contribution in [0.3, 0.4) is 0 Å². The minimum Gasteiger partial charge on any atom is -0.508 e. The molecule has 166 valence electrons. The number of aryl methyl sites for hydroxylation is 1. The van der Waals surface area contributed by atoms with Gasteiger partial charge in [0.15, 0.2) is 0 Å². The van der Waals surface area contributed by atoms with E-state index in [0.717, 1.165) is 28.9 Å². The van der Waals surface area contributed by atoms with Crippen molar-refractivity contribution in [2.24, 2.45) is 0 Å². The number of amides is 1. The van der Waals surface area contributed by atoms with E-state index >= 15 is 0 Å². The quantitative estimate of drug-likeness (QED) is 0.679. The normalized spacial score (nSPS) is 28.0. The Morgan fingerprint density at radius 3 is 2.65 bits per heavy atom. The van der Waals surface area contributed by atoms with Crippen molar-refractivity contribution in [3.63, 3.8) is 0 Å². The van der Waals surface area contributed by atoms with E-state index < -0.39 is 16.6 Å². The van der Waals surface area contributed by atoms with Gasteiger partial charge in [-0.05, 0) is 68.8 Å². The molecule has 7 heteroatoms. The molecule has 31 heavy (non-hydrogen) atoms. The van der Waals surface area contributed by atoms with Crippen molar-refractivity contribution in [1.29, 1.82) is 0 Å². The predicted octanol–water partition coefficient (Wildman–Crippen LogP) is 1.58. The third-order valence-electron chi connectivity index (χ3n) is 7.60. The number of carbonyl (C=O) groups excluding carboxylic acids is 1. The van der Waals surface area contributed by atoms with Crippen LogP contribution < -0.4 is 5.56 Å². The number of aromatic amines is 1. The summed E-state index contributed by atoms with van der Waals surface area (Å²) >= 11 is 0. The molecule has 0 bridgehead atoms. The van der Waals surface area contributed by atoms with Gasteiger partial charge in [-0.2, -0.15) is 0 Å². The number of aromatic hydroxyl groups is 1. The smallest absolute Gasteiger partial charge is 0.261 e. The van der Waals surface area contributed by atoms with E-state index in [9.17, 15) is 19.8 Å². The van der Waals surface area contributed by atoms with Crippen LogP contribution in [-0.2, 0) is 18.3 Å². The first-order valence-corrected chi connectivity index (χ1v) is 10.7. The number of aromatic nitrogens is 1. The molecule has 0 spiro atoms. The number of nitrogens with one attached hydrogen (secondary N) is 1. The lowest BCUT2D eigenvalue weighted by molar-refractivity contribution is -0.132. The van der Waals surface area contributed by atoms with Crippen LogP contribution in [0, 0.1) is 6.92 Å². The van der Waals surface area contributed by atoms with Crippen molar-refractivity contribution in [3.05, 3.63) is 62.6 Å². The average molecular weight is 426 g/mol. The average Bonchev–Trinajstić information content (AvgIpc) is 2.71. The molecule has 3 N–H and O–H groups in total. The van der Waals surface area contributed by atoms with E-state index in [1.807, 2.05) is 27.0 Å². The number of H-pyrrole nitrogens is 1. The molecule has 3 atom stereocenters. The van der Waals surface area contributed by atoms with Crippen molar-refractivity contribution in [3.8, 4) is 5.75 Å². The van der Waals surface area contributed by atoms with Crippen LogP contribution in [0.1, 0.15) is 46.1 Å². The zero-order valence-corrected chi connectivity index (χ0v) is 18.8. The number of fused-ring (bicyclic) bond motifs is 2. The highest BCUT2D eigenvalue weighted by Gasteiger charge is 2.60. The van der Waals surface area contributed by atoms with Crippen LogP contribution >= 0.6 is 0 Å². The standard InChI is InChI=1S/C24H31N3O4/c1-14-6-7-17(28)11-19(14)23-8-9-27(5)15(2)24(23,31)12-16-10-18(22(30)26(3)4)21(29)25-20(16)13-23/h6-7,10-11,15,28,31H,8-9,12-13H2,1-5H3,(H,25,29)/t15-,23-,24-/m1/s1. The van der Waals surface area contributed by atoms with Gasteiger partial charge >= 0.3 is 0 Å². The number of carbonyl (C=O) groups is 1. The third kappa shape index (κ3) is 3.10. The second-order valence-corrected chi connectivity index (χ2v) is 9.48. The van der Waals surface area contributed by atoms with Crippen LogP contribution in [0.5, 0.6) is 5.75 Å². The van der Waals surface area contributed by atoms with E-state index in [-0.39, 0.29) is 23.3 Å². The molecule has 1 aliphatic carbocycles. The number of piperidine rings is 1. The van der Waals surface area contributed by atoms with Gasteiger partial charge < -0.3 is 25.0 Å². The summed E-state index contributed by atoms with van der Waals surface area (Å²) in [6.07, 6.45) is 1.44. The Morgan fingerprint density at radius 2 is 1.97 bits per heavy atom. The number of phenolic OH excluding ortho intramolecular Hbond substituents is 1. The van der Waals surface area contributed by atoms with E-state index in [1.165, 1.54) is 4.90 Å². The lowest BCUT2D eigenvalue weighted by Crippen LogP contribution is -2.70. The van der Waals surface area contributed by atoms with E-state index in [1.54, 1.807) is 32.3 Å². The molecular formula is C24H31N3O4. The molecule has 1 fully saturated rings. The molecular weight excluding hydrogens is 394 g/mol. The van der Waals surface area contributed by atoms with Gasteiger partial charge in [0.25, 0.3) is 11.5 Å². The number of nitrogens with zero attached hydrogens (tertiary/aromatic N) is 2. The SMILES string of the molecule is Cc1ccc(O)cc1[C@]12CCN(C)[C@H](C)[C@]1(O)Cc1cc(C(=O)N(C)C)c(=O)[nH]c1C2. The lowest BCUT2D eigenvalue weighted by atomic mass is 9.53. The highest BCUT2D eigenvalue weighted by Crippen LogP contribution is 2.53. The maximum atomic E-state index is 12.7. The fraction of sp³-hybridized carbons (Fsp3) is 0.500. The number of hydrogen-bond acceptors (Lipinski definition) is 5. The van der Waals surface area contributed by atoms with Crippen LogP contribution in [0.2, 0.25) is 0 Å². The summed E-state index contributed by atoms with van der Waals surface area (Å²) in [5.74, 6) is -0.194. The second kappa shape index (κ2) is 7.21. The van der Waals surface area contributed by atoms with Crippen LogP contribution in [-0.4, -0.2) is 70.2 Å². The molecule has 2 aromatic rings. The van der Waals surface area contributed by atoms with E-state index in [2.05, 4.69) is 9.88 Å². The fourth-order valence-corrected chi connectivity index (χ4v) is 5.61. The Bertz CT molecular complexity index is 1110. The molecule has 2 heterocycles. The first kappa shape index (κ1) is 21.6. The molecule has 0 radical (unpaired) electrons. The number of benzene rings is 1. The maximum absolute atomic E-state index is 12.7. The van der Waals surface area contributed by atoms with Gasteiger partial charge in [-0.3, -0.25) is 9.59 Å². The minimum atomic E-state index is -1.14. The summed E-state index contributed by atoms with van der Waals surface area (Å²) < 4.78 is 0. The summed E-state index contributed by atoms with van der Waals surface area (Å²) in [5.41, 5.74) is 1.34. The summed E-state index contributed by atoms with van der Waals surface area (Å²) in [6, 6.07) is 6.78. The van der Waals surface area contributed by atoms with Crippen LogP contribution in [0.25, 0.3) is 0 Å². The van der Waals surface area contributed by atoms with Crippen molar-refractivity contribution < 1.29 is 15.0 Å². The molecule has 1 aliphatic heterocycles. The molecule has 0 unspecified atom stereocenters. The van der Waals surface area contributed by atoms with Gasteiger partial charge in [0.05, 0.1) is 5.60 Å². The Balaban J connectivity index is 1.95. The number of hydrogen-bond donors (Lipinski definition) is 3. The maximum Gasteiger partial charge on any atom is 0.261 e. The molecule has 1 aromatic carbocycles. The lowest BCUT2D eigenvalue weighted by Gasteiger charge is -2.59. The van der Waals surface area contributed by atoms with E-state index in [4.69, 9.17) is 0 Å². The number of rotatable bonds is 2. The Labute approximate surface area is 182 Å². The molecule has 2 aliphatic rings. The van der Waals surface area contributed by atoms with Gasteiger partial charge in [-0.15, -0.1) is 0 Å². The molecule has 4 rings (SSSR count). The largest absolute Gasteiger partial charge is 0.508 e. The highest BCUT2D eigenvalue weighted by atomic mass is 16.3. The fourth-order valence-electron chi connectivity index (χ4n) is 5.61. The number of likely N-dealkylation sites (N-methyl/N-ethyl adjacent to an activating group) is 1. The Kier molecular flexibility index (Phi) is 5.02. The van der Waals surface area contributed by atoms with Gasteiger partial charge in [-0.25, -0.2) is 0 Å². The first-order valence-electron chi connectivity index (χ1n) is 10.7. The number of phenols is 1. The molecule has 1 aromatic heterocycles. The Morgan fingerprint density at radius 1 is 1.26 bits per heavy atom. The first-order chi connectivity index (χ1) is 14.5. The monoisotopic (exact) mass is 425 g/mol. The second-order valence-electron chi connectivity index (χ2n) is 9.48. The zero-order valence-electron chi connectivity index (χ0n) is 18.8. The summed E-state index contributed by atoms with van der Waals surface area (Å²) in [6.45, 7) is 4.80. The van der Waals surface area contributed by atoms with Gasteiger partial charge in [0.2, 0.25) is 0 Å². The molecule has 1 amide bonds. The van der Waals surface area contributed by atoms with Crippen molar-refractivity contribution in [1.82, 2.24) is 14.8 Å². The van der Waals surface area contributed by atoms with Gasteiger partial charge in [0.1, 0.15) is 11.3 Å². The van der Waals surface area contributed by atoms with Crippen LogP contribution in [0.4, 0.5) is 0 Å². The van der Waals surface area contributed by atoms with Crippen molar-refractivity contribution >= 4 is 5.91 Å². The van der Waals surface area contributed by atoms with Gasteiger partial charge in [0, 0.05) is 44.1 Å². The number of pyridine rings is 1. The van der Waals surface area contributed by atoms with E-state index in [0.29, 0.717) is 19.3 Å².